The molecular formula is C10H15N3O. The second kappa shape index (κ2) is 4.26. The Bertz CT molecular complexity index is 288. The van der Waals surface area contributed by atoms with Crippen LogP contribution in [0.2, 0.25) is 0 Å². The summed E-state index contributed by atoms with van der Waals surface area (Å²) in [5.74, 6) is 0. The summed E-state index contributed by atoms with van der Waals surface area (Å²) < 4.78 is 1.48. The Labute approximate surface area is 83.3 Å². The van der Waals surface area contributed by atoms with Crippen molar-refractivity contribution >= 4 is 6.03 Å². The molecule has 0 atom stereocenters. The summed E-state index contributed by atoms with van der Waals surface area (Å²) in [5.41, 5.74) is 0. The molecule has 4 nitrogen and oxygen atoms in total. The third-order valence-electron chi connectivity index (χ3n) is 2.67. The van der Waals surface area contributed by atoms with Gasteiger partial charge in [0.05, 0.1) is 0 Å². The van der Waals surface area contributed by atoms with Gasteiger partial charge in [-0.15, -0.1) is 0 Å². The first-order valence-electron chi connectivity index (χ1n) is 5.15. The lowest BCUT2D eigenvalue weighted by Crippen LogP contribution is -2.38. The van der Waals surface area contributed by atoms with Crippen LogP contribution in [0.1, 0.15) is 32.1 Å². The number of hydrogen-bond donors (Lipinski definition) is 1. The highest BCUT2D eigenvalue weighted by molar-refractivity contribution is 5.76. The minimum Gasteiger partial charge on any atom is -0.335 e. The van der Waals surface area contributed by atoms with Crippen LogP contribution in [0.15, 0.2) is 18.7 Å². The van der Waals surface area contributed by atoms with Crippen molar-refractivity contribution in [3.8, 4) is 0 Å². The van der Waals surface area contributed by atoms with Gasteiger partial charge in [-0.2, -0.15) is 0 Å². The predicted octanol–water partition coefficient (Wildman–Crippen LogP) is 1.77. The fourth-order valence-corrected chi connectivity index (χ4v) is 1.88. The summed E-state index contributed by atoms with van der Waals surface area (Å²) in [5, 5.41) is 3.01. The highest BCUT2D eigenvalue weighted by Crippen LogP contribution is 2.17. The van der Waals surface area contributed by atoms with E-state index in [0.717, 1.165) is 12.8 Å². The van der Waals surface area contributed by atoms with Crippen molar-refractivity contribution in [2.75, 3.05) is 0 Å². The van der Waals surface area contributed by atoms with E-state index in [2.05, 4.69) is 10.3 Å². The van der Waals surface area contributed by atoms with Crippen molar-refractivity contribution in [1.82, 2.24) is 14.9 Å². The smallest absolute Gasteiger partial charge is 0.327 e. The predicted molar refractivity (Wildman–Crippen MR) is 53.0 cm³/mol. The van der Waals surface area contributed by atoms with Gasteiger partial charge in [-0.3, -0.25) is 4.57 Å². The minimum atomic E-state index is -0.0607. The monoisotopic (exact) mass is 193 g/mol. The van der Waals surface area contributed by atoms with Gasteiger partial charge in [0.1, 0.15) is 6.33 Å². The maximum Gasteiger partial charge on any atom is 0.327 e. The highest BCUT2D eigenvalue weighted by atomic mass is 16.2. The zero-order chi connectivity index (χ0) is 9.80. The second-order valence-corrected chi connectivity index (χ2v) is 3.75. The highest BCUT2D eigenvalue weighted by Gasteiger charge is 2.15. The molecule has 0 aromatic carbocycles. The van der Waals surface area contributed by atoms with Crippen molar-refractivity contribution in [3.63, 3.8) is 0 Å². The first-order valence-corrected chi connectivity index (χ1v) is 5.15. The zero-order valence-electron chi connectivity index (χ0n) is 8.15. The molecule has 1 amide bonds. The van der Waals surface area contributed by atoms with E-state index in [1.807, 2.05) is 0 Å². The van der Waals surface area contributed by atoms with E-state index < -0.39 is 0 Å². The molecule has 0 radical (unpaired) electrons. The van der Waals surface area contributed by atoms with E-state index in [1.165, 1.54) is 30.2 Å². The average molecular weight is 193 g/mol. The van der Waals surface area contributed by atoms with Crippen LogP contribution < -0.4 is 5.32 Å². The first-order chi connectivity index (χ1) is 6.86. The molecule has 1 fully saturated rings. The maximum absolute atomic E-state index is 11.6. The van der Waals surface area contributed by atoms with Crippen molar-refractivity contribution in [1.29, 1.82) is 0 Å². The van der Waals surface area contributed by atoms with Crippen LogP contribution in [0, 0.1) is 0 Å². The molecule has 4 heteroatoms. The minimum absolute atomic E-state index is 0.0607. The molecule has 14 heavy (non-hydrogen) atoms. The molecule has 0 aliphatic heterocycles. The normalized spacial score (nSPS) is 18.0. The van der Waals surface area contributed by atoms with E-state index in [-0.39, 0.29) is 6.03 Å². The molecular weight excluding hydrogens is 178 g/mol. The largest absolute Gasteiger partial charge is 0.335 e. The van der Waals surface area contributed by atoms with Crippen LogP contribution in [-0.2, 0) is 0 Å². The van der Waals surface area contributed by atoms with Crippen LogP contribution >= 0.6 is 0 Å². The van der Waals surface area contributed by atoms with Crippen molar-refractivity contribution in [2.24, 2.45) is 0 Å². The number of aromatic nitrogens is 2. The molecule has 1 aliphatic rings. The molecule has 1 N–H and O–H groups in total. The Morgan fingerprint density at radius 1 is 1.36 bits per heavy atom. The lowest BCUT2D eigenvalue weighted by atomic mass is 9.96. The number of rotatable bonds is 1. The summed E-state index contributed by atoms with van der Waals surface area (Å²) in [4.78, 5) is 15.4. The number of nitrogens with one attached hydrogen (secondary N) is 1. The third-order valence-corrected chi connectivity index (χ3v) is 2.67. The van der Waals surface area contributed by atoms with Crippen LogP contribution in [0.25, 0.3) is 0 Å². The van der Waals surface area contributed by atoms with Gasteiger partial charge in [0.15, 0.2) is 0 Å². The van der Waals surface area contributed by atoms with Crippen molar-refractivity contribution < 1.29 is 4.79 Å². The SMILES string of the molecule is O=C(NC1CCCCC1)n1ccnc1. The topological polar surface area (TPSA) is 46.9 Å². The summed E-state index contributed by atoms with van der Waals surface area (Å²) >= 11 is 0. The Morgan fingerprint density at radius 2 is 2.14 bits per heavy atom. The lowest BCUT2D eigenvalue weighted by molar-refractivity contribution is 0.234. The van der Waals surface area contributed by atoms with Gasteiger partial charge >= 0.3 is 6.03 Å². The van der Waals surface area contributed by atoms with E-state index in [4.69, 9.17) is 0 Å². The van der Waals surface area contributed by atoms with Crippen molar-refractivity contribution in [3.05, 3.63) is 18.7 Å². The molecule has 0 unspecified atom stereocenters. The number of amides is 1. The van der Waals surface area contributed by atoms with Crippen LogP contribution in [0.4, 0.5) is 4.79 Å². The number of hydrogen-bond acceptors (Lipinski definition) is 2. The third kappa shape index (κ3) is 2.13. The van der Waals surface area contributed by atoms with Gasteiger partial charge in [-0.1, -0.05) is 19.3 Å². The van der Waals surface area contributed by atoms with Crippen molar-refractivity contribution in [2.45, 2.75) is 38.1 Å². The molecule has 1 aromatic rings. The summed E-state index contributed by atoms with van der Waals surface area (Å²) in [6.07, 6.45) is 10.8. The van der Waals surface area contributed by atoms with Crippen LogP contribution in [-0.4, -0.2) is 21.6 Å². The fourth-order valence-electron chi connectivity index (χ4n) is 1.88. The summed E-state index contributed by atoms with van der Waals surface area (Å²) in [6, 6.07) is 0.299. The molecule has 2 rings (SSSR count). The molecule has 0 spiro atoms. The second-order valence-electron chi connectivity index (χ2n) is 3.75. The molecule has 0 saturated heterocycles. The molecule has 76 valence electrons. The number of nitrogens with zero attached hydrogens (tertiary/aromatic N) is 2. The van der Waals surface area contributed by atoms with E-state index in [9.17, 15) is 4.79 Å². The molecule has 1 heterocycles. The number of imidazole rings is 1. The standard InChI is InChI=1S/C10H15N3O/c14-10(13-7-6-11-8-13)12-9-4-2-1-3-5-9/h6-9H,1-5H2,(H,12,14). The molecule has 1 aromatic heterocycles. The first kappa shape index (κ1) is 9.24. The quantitative estimate of drug-likeness (QED) is 0.739. The van der Waals surface area contributed by atoms with E-state index in [1.54, 1.807) is 12.4 Å². The Hall–Kier alpha value is -1.32. The van der Waals surface area contributed by atoms with Gasteiger partial charge in [0.25, 0.3) is 0 Å². The Kier molecular flexibility index (Phi) is 2.81. The number of carbonyl (C=O) groups excluding carboxylic acids is 1. The summed E-state index contributed by atoms with van der Waals surface area (Å²) in [7, 11) is 0. The van der Waals surface area contributed by atoms with Gasteiger partial charge in [0, 0.05) is 18.4 Å². The Balaban J connectivity index is 1.87. The van der Waals surface area contributed by atoms with Gasteiger partial charge in [0.2, 0.25) is 0 Å². The van der Waals surface area contributed by atoms with Crippen LogP contribution in [0.5, 0.6) is 0 Å². The van der Waals surface area contributed by atoms with Gasteiger partial charge in [-0.05, 0) is 12.8 Å². The summed E-state index contributed by atoms with van der Waals surface area (Å²) in [6.45, 7) is 0. The van der Waals surface area contributed by atoms with E-state index in [0.29, 0.717) is 6.04 Å². The van der Waals surface area contributed by atoms with Gasteiger partial charge < -0.3 is 5.32 Å². The molecule has 0 bridgehead atoms. The van der Waals surface area contributed by atoms with Gasteiger partial charge in [-0.25, -0.2) is 9.78 Å². The Morgan fingerprint density at radius 3 is 2.79 bits per heavy atom. The molecule has 1 saturated carbocycles. The van der Waals surface area contributed by atoms with Crippen LogP contribution in [0.3, 0.4) is 0 Å². The maximum atomic E-state index is 11.6. The molecule has 1 aliphatic carbocycles. The number of carbonyl (C=O) groups is 1. The lowest BCUT2D eigenvalue weighted by Gasteiger charge is -2.22. The van der Waals surface area contributed by atoms with E-state index >= 15 is 0 Å². The fraction of sp³-hybridized carbons (Fsp3) is 0.600. The zero-order valence-corrected chi connectivity index (χ0v) is 8.15. The average Bonchev–Trinajstić information content (AvgIpc) is 2.72.